The van der Waals surface area contributed by atoms with Gasteiger partial charge in [0.25, 0.3) is 5.69 Å². The summed E-state index contributed by atoms with van der Waals surface area (Å²) < 4.78 is 29.4. The van der Waals surface area contributed by atoms with Gasteiger partial charge in [-0.05, 0) is 9.91 Å². The van der Waals surface area contributed by atoms with Crippen LogP contribution in [0.5, 0.6) is 5.75 Å². The van der Waals surface area contributed by atoms with E-state index in [4.69, 9.17) is 5.73 Å². The Morgan fingerprint density at radius 3 is 2.67 bits per heavy atom. The Balaban J connectivity index is 3.38. The molecule has 1 aromatic rings. The maximum Gasteiger partial charge on any atom is 0.366 e. The zero-order chi connectivity index (χ0) is 11.6. The van der Waals surface area contributed by atoms with E-state index >= 15 is 0 Å². The van der Waals surface area contributed by atoms with Crippen LogP contribution in [-0.2, 0) is 0 Å². The van der Waals surface area contributed by atoms with Crippen molar-refractivity contribution < 1.29 is 18.4 Å². The lowest BCUT2D eigenvalue weighted by molar-refractivity contribution is -0.389. The third-order valence-corrected chi connectivity index (χ3v) is 1.61. The number of hydrogen-bond acceptors (Lipinski definition) is 5. The fourth-order valence-corrected chi connectivity index (χ4v) is 1.02. The highest BCUT2D eigenvalue weighted by Crippen LogP contribution is 2.34. The lowest BCUT2D eigenvalue weighted by Gasteiger charge is -2.06. The van der Waals surface area contributed by atoms with E-state index in [0.717, 1.165) is 13.2 Å². The maximum atomic E-state index is 12.4. The van der Waals surface area contributed by atoms with E-state index < -0.39 is 22.9 Å². The zero-order valence-electron chi connectivity index (χ0n) is 7.61. The van der Waals surface area contributed by atoms with Crippen LogP contribution in [0.2, 0.25) is 0 Å². The van der Waals surface area contributed by atoms with Crippen LogP contribution in [0.15, 0.2) is 6.07 Å². The number of halogens is 2. The molecule has 15 heavy (non-hydrogen) atoms. The molecule has 0 aliphatic carbocycles. The van der Waals surface area contributed by atoms with Gasteiger partial charge in [-0.3, -0.25) is 0 Å². The van der Waals surface area contributed by atoms with Crippen LogP contribution in [-0.4, -0.2) is 17.0 Å². The van der Waals surface area contributed by atoms with Gasteiger partial charge in [0.1, 0.15) is 0 Å². The predicted molar refractivity (Wildman–Crippen MR) is 46.8 cm³/mol. The van der Waals surface area contributed by atoms with Crippen molar-refractivity contribution >= 4 is 11.5 Å². The summed E-state index contributed by atoms with van der Waals surface area (Å²) in [5.41, 5.74) is 4.23. The molecule has 0 amide bonds. The molecule has 0 saturated carbocycles. The van der Waals surface area contributed by atoms with Crippen molar-refractivity contribution in [3.8, 4) is 5.75 Å². The molecule has 0 fully saturated rings. The van der Waals surface area contributed by atoms with Gasteiger partial charge in [0.2, 0.25) is 0 Å². The number of hydrogen-bond donors (Lipinski definition) is 1. The van der Waals surface area contributed by atoms with Gasteiger partial charge in [-0.1, -0.05) is 0 Å². The summed E-state index contributed by atoms with van der Waals surface area (Å²) in [5.74, 6) is -1.07. The molecular weight excluding hydrogens is 212 g/mol. The Bertz CT molecular complexity index is 397. The summed E-state index contributed by atoms with van der Waals surface area (Å²) in [6, 6.07) is 0.866. The maximum absolute atomic E-state index is 12.4. The van der Waals surface area contributed by atoms with E-state index in [-0.39, 0.29) is 11.4 Å². The third kappa shape index (κ3) is 2.09. The van der Waals surface area contributed by atoms with Crippen molar-refractivity contribution in [3.63, 3.8) is 0 Å². The first-order chi connectivity index (χ1) is 6.97. The molecule has 8 heteroatoms. The van der Waals surface area contributed by atoms with Gasteiger partial charge in [-0.25, -0.2) is 8.78 Å². The van der Waals surface area contributed by atoms with Gasteiger partial charge in [0.05, 0.1) is 18.9 Å². The lowest BCUT2D eigenvalue weighted by Crippen LogP contribution is -2.04. The van der Waals surface area contributed by atoms with Crippen molar-refractivity contribution in [1.29, 1.82) is 0 Å². The summed E-state index contributed by atoms with van der Waals surface area (Å²) in [5, 5.41) is 10.3. The number of rotatable bonds is 3. The monoisotopic (exact) mass is 219 g/mol. The van der Waals surface area contributed by atoms with Crippen molar-refractivity contribution in [2.75, 3.05) is 12.8 Å². The Hall–Kier alpha value is -1.99. The van der Waals surface area contributed by atoms with E-state index in [1.807, 2.05) is 0 Å². The molecule has 1 rings (SSSR count). The Labute approximate surface area is 82.8 Å². The molecule has 0 bridgehead atoms. The largest absolute Gasteiger partial charge is 0.490 e. The number of pyridine rings is 1. The van der Waals surface area contributed by atoms with Gasteiger partial charge in [0.15, 0.2) is 5.75 Å². The summed E-state index contributed by atoms with van der Waals surface area (Å²) in [6.45, 7) is 0. The normalized spacial score (nSPS) is 10.4. The quantitative estimate of drug-likeness (QED) is 0.614. The van der Waals surface area contributed by atoms with E-state index in [1.165, 1.54) is 0 Å². The van der Waals surface area contributed by atoms with Crippen LogP contribution in [0.4, 0.5) is 20.3 Å². The minimum atomic E-state index is -2.98. The number of nitrogen functional groups attached to an aromatic ring is 1. The third-order valence-electron chi connectivity index (χ3n) is 1.61. The molecule has 0 aliphatic heterocycles. The van der Waals surface area contributed by atoms with Crippen LogP contribution in [0.3, 0.4) is 0 Å². The number of ether oxygens (including phenoxy) is 1. The van der Waals surface area contributed by atoms with E-state index in [9.17, 15) is 18.9 Å². The van der Waals surface area contributed by atoms with Gasteiger partial charge in [-0.15, -0.1) is 0 Å². The highest BCUT2D eigenvalue weighted by molar-refractivity contribution is 5.58. The number of nitro groups is 1. The van der Waals surface area contributed by atoms with Crippen LogP contribution in [0.1, 0.15) is 12.1 Å². The number of alkyl halides is 2. The summed E-state index contributed by atoms with van der Waals surface area (Å²) in [4.78, 5) is 12.6. The molecule has 0 aromatic carbocycles. The molecule has 1 aromatic heterocycles. The minimum absolute atomic E-state index is 0.241. The topological polar surface area (TPSA) is 91.3 Å². The second-order valence-corrected chi connectivity index (χ2v) is 2.55. The first-order valence-electron chi connectivity index (χ1n) is 3.74. The smallest absolute Gasteiger partial charge is 0.366 e. The number of methoxy groups -OCH3 is 1. The summed E-state index contributed by atoms with van der Waals surface area (Å²) in [6.07, 6.45) is -2.98. The molecule has 0 radical (unpaired) electrons. The second-order valence-electron chi connectivity index (χ2n) is 2.55. The SMILES string of the molecule is COc1c(N)cc([N+](=O)[O-])nc1C(F)F. The van der Waals surface area contributed by atoms with E-state index in [0.29, 0.717) is 0 Å². The standard InChI is InChI=1S/C7H7F2N3O3/c1-15-6-3(10)2-4(12(13)14)11-5(6)7(8)9/h2,7H,1H3,(H2,10,11). The average molecular weight is 219 g/mol. The summed E-state index contributed by atoms with van der Waals surface area (Å²) >= 11 is 0. The molecule has 0 aliphatic rings. The number of nitrogens with two attached hydrogens (primary N) is 1. The first kappa shape index (κ1) is 11.1. The lowest BCUT2D eigenvalue weighted by atomic mass is 10.3. The van der Waals surface area contributed by atoms with Crippen molar-refractivity contribution in [1.82, 2.24) is 4.98 Å². The second kappa shape index (κ2) is 4.03. The van der Waals surface area contributed by atoms with Crippen molar-refractivity contribution in [2.45, 2.75) is 6.43 Å². The molecule has 0 atom stereocenters. The molecular formula is C7H7F2N3O3. The van der Waals surface area contributed by atoms with Crippen LogP contribution in [0, 0.1) is 10.1 Å². The molecule has 6 nitrogen and oxygen atoms in total. The molecule has 82 valence electrons. The fourth-order valence-electron chi connectivity index (χ4n) is 1.02. The summed E-state index contributed by atoms with van der Waals surface area (Å²) in [7, 11) is 1.13. The average Bonchev–Trinajstić information content (AvgIpc) is 2.16. The van der Waals surface area contributed by atoms with Gasteiger partial charge in [0, 0.05) is 0 Å². The molecule has 1 heterocycles. The fraction of sp³-hybridized carbons (Fsp3) is 0.286. The predicted octanol–water partition coefficient (Wildman–Crippen LogP) is 1.52. The number of aromatic nitrogens is 1. The first-order valence-corrected chi connectivity index (χ1v) is 3.74. The molecule has 0 unspecified atom stereocenters. The Morgan fingerprint density at radius 2 is 2.27 bits per heavy atom. The van der Waals surface area contributed by atoms with Gasteiger partial charge in [-0.2, -0.15) is 0 Å². The zero-order valence-corrected chi connectivity index (χ0v) is 7.61. The van der Waals surface area contributed by atoms with Crippen LogP contribution in [0.25, 0.3) is 0 Å². The molecule has 0 saturated heterocycles. The van der Waals surface area contributed by atoms with Crippen molar-refractivity contribution in [2.24, 2.45) is 0 Å². The number of anilines is 1. The Kier molecular flexibility index (Phi) is 2.98. The highest BCUT2D eigenvalue weighted by Gasteiger charge is 2.27. The van der Waals surface area contributed by atoms with E-state index in [1.54, 1.807) is 0 Å². The highest BCUT2D eigenvalue weighted by atomic mass is 19.3. The number of nitrogens with zero attached hydrogens (tertiary/aromatic N) is 2. The van der Waals surface area contributed by atoms with Gasteiger partial charge >= 0.3 is 12.2 Å². The molecule has 2 N–H and O–H groups in total. The van der Waals surface area contributed by atoms with E-state index in [2.05, 4.69) is 9.72 Å². The molecule has 0 spiro atoms. The van der Waals surface area contributed by atoms with Crippen LogP contribution < -0.4 is 10.5 Å². The minimum Gasteiger partial charge on any atom is -0.490 e. The Morgan fingerprint density at radius 1 is 1.67 bits per heavy atom. The van der Waals surface area contributed by atoms with Crippen LogP contribution >= 0.6 is 0 Å². The van der Waals surface area contributed by atoms with Crippen molar-refractivity contribution in [3.05, 3.63) is 21.9 Å². The van der Waals surface area contributed by atoms with Gasteiger partial charge < -0.3 is 20.6 Å².